The summed E-state index contributed by atoms with van der Waals surface area (Å²) in [4.78, 5) is 19.4. The van der Waals surface area contributed by atoms with Gasteiger partial charge >= 0.3 is 0 Å². The summed E-state index contributed by atoms with van der Waals surface area (Å²) in [5.41, 5.74) is 0.973. The minimum atomic E-state index is 0.0231. The summed E-state index contributed by atoms with van der Waals surface area (Å²) in [5, 5.41) is 0. The number of hydrogen-bond donors (Lipinski definition) is 0. The van der Waals surface area contributed by atoms with E-state index in [2.05, 4.69) is 9.97 Å². The van der Waals surface area contributed by atoms with E-state index in [0.29, 0.717) is 18.2 Å². The summed E-state index contributed by atoms with van der Waals surface area (Å²) in [6.07, 6.45) is 3.85. The number of Topliss-reactive ketones (excluding diaryl/α,β-unsaturated/α-hetero) is 1. The summed E-state index contributed by atoms with van der Waals surface area (Å²) in [7, 11) is 0. The minimum Gasteiger partial charge on any atom is -0.291 e. The lowest BCUT2D eigenvalue weighted by atomic mass is 10.1. The lowest BCUT2D eigenvalue weighted by Crippen LogP contribution is -2.08. The predicted molar refractivity (Wildman–Crippen MR) is 50.6 cm³/mol. The number of hydrogen-bond acceptors (Lipinski definition) is 3. The van der Waals surface area contributed by atoms with E-state index in [1.54, 1.807) is 12.4 Å². The smallest absolute Gasteiger partial charge is 0.200 e. The zero-order chi connectivity index (χ0) is 9.84. The van der Waals surface area contributed by atoms with Gasteiger partial charge in [0.1, 0.15) is 0 Å². The van der Waals surface area contributed by atoms with E-state index in [0.717, 1.165) is 5.56 Å². The second-order valence-electron chi connectivity index (χ2n) is 3.61. The molecular weight excluding hydrogens is 164 g/mol. The first-order chi connectivity index (χ1) is 6.09. The molecule has 3 nitrogen and oxygen atoms in total. The van der Waals surface area contributed by atoms with Gasteiger partial charge in [-0.2, -0.15) is 0 Å². The maximum absolute atomic E-state index is 11.4. The Morgan fingerprint density at radius 3 is 2.38 bits per heavy atom. The molecule has 0 radical (unpaired) electrons. The van der Waals surface area contributed by atoms with E-state index in [1.807, 2.05) is 20.8 Å². The van der Waals surface area contributed by atoms with E-state index in [-0.39, 0.29) is 5.78 Å². The van der Waals surface area contributed by atoms with Gasteiger partial charge in [0.15, 0.2) is 11.6 Å². The van der Waals surface area contributed by atoms with Crippen LogP contribution >= 0.6 is 0 Å². The highest BCUT2D eigenvalue weighted by atomic mass is 16.1. The SMILES string of the molecule is Cc1cnc(C(=O)CC(C)C)nc1. The average Bonchev–Trinajstić information content (AvgIpc) is 2.04. The van der Waals surface area contributed by atoms with Gasteiger partial charge < -0.3 is 0 Å². The molecule has 0 aliphatic heterocycles. The number of rotatable bonds is 3. The lowest BCUT2D eigenvalue weighted by molar-refractivity contribution is 0.0957. The fraction of sp³-hybridized carbons (Fsp3) is 0.500. The van der Waals surface area contributed by atoms with Gasteiger partial charge in [0.25, 0.3) is 0 Å². The molecule has 0 aromatic carbocycles. The highest BCUT2D eigenvalue weighted by Crippen LogP contribution is 2.05. The molecule has 1 heterocycles. The molecular formula is C10H14N2O. The average molecular weight is 178 g/mol. The molecule has 0 spiro atoms. The van der Waals surface area contributed by atoms with Crippen molar-refractivity contribution >= 4 is 5.78 Å². The van der Waals surface area contributed by atoms with Crippen LogP contribution in [0.1, 0.15) is 36.5 Å². The van der Waals surface area contributed by atoms with Crippen LogP contribution in [0, 0.1) is 12.8 Å². The zero-order valence-electron chi connectivity index (χ0n) is 8.24. The van der Waals surface area contributed by atoms with Crippen LogP contribution in [0.3, 0.4) is 0 Å². The molecule has 0 saturated carbocycles. The standard InChI is InChI=1S/C10H14N2O/c1-7(2)4-9(13)10-11-5-8(3)6-12-10/h5-7H,4H2,1-3H3. The van der Waals surface area contributed by atoms with Crippen molar-refractivity contribution in [2.24, 2.45) is 5.92 Å². The van der Waals surface area contributed by atoms with Gasteiger partial charge in [-0.15, -0.1) is 0 Å². The number of carbonyl (C=O) groups excluding carboxylic acids is 1. The predicted octanol–water partition coefficient (Wildman–Crippen LogP) is 2.01. The Morgan fingerprint density at radius 2 is 1.92 bits per heavy atom. The topological polar surface area (TPSA) is 42.9 Å². The zero-order valence-corrected chi connectivity index (χ0v) is 8.24. The first-order valence-corrected chi connectivity index (χ1v) is 4.41. The molecule has 70 valence electrons. The highest BCUT2D eigenvalue weighted by molar-refractivity contribution is 5.92. The van der Waals surface area contributed by atoms with E-state index in [1.165, 1.54) is 0 Å². The highest BCUT2D eigenvalue weighted by Gasteiger charge is 2.10. The summed E-state index contributed by atoms with van der Waals surface area (Å²) < 4.78 is 0. The van der Waals surface area contributed by atoms with Crippen molar-refractivity contribution in [3.05, 3.63) is 23.8 Å². The van der Waals surface area contributed by atoms with Crippen molar-refractivity contribution in [1.29, 1.82) is 0 Å². The molecule has 0 unspecified atom stereocenters. The van der Waals surface area contributed by atoms with Gasteiger partial charge in [-0.25, -0.2) is 9.97 Å². The quantitative estimate of drug-likeness (QED) is 0.665. The summed E-state index contributed by atoms with van der Waals surface area (Å²) in [5.74, 6) is 0.715. The van der Waals surface area contributed by atoms with Gasteiger partial charge in [-0.3, -0.25) is 4.79 Å². The minimum absolute atomic E-state index is 0.0231. The maximum atomic E-state index is 11.4. The number of nitrogens with zero attached hydrogens (tertiary/aromatic N) is 2. The van der Waals surface area contributed by atoms with Crippen molar-refractivity contribution in [3.63, 3.8) is 0 Å². The van der Waals surface area contributed by atoms with Crippen molar-refractivity contribution < 1.29 is 4.79 Å². The van der Waals surface area contributed by atoms with Crippen molar-refractivity contribution in [2.75, 3.05) is 0 Å². The summed E-state index contributed by atoms with van der Waals surface area (Å²) >= 11 is 0. The Hall–Kier alpha value is -1.25. The molecule has 0 atom stereocenters. The third kappa shape index (κ3) is 2.93. The first-order valence-electron chi connectivity index (χ1n) is 4.41. The van der Waals surface area contributed by atoms with E-state index in [9.17, 15) is 4.79 Å². The Bertz CT molecular complexity index is 290. The number of ketones is 1. The molecule has 1 aromatic rings. The summed E-state index contributed by atoms with van der Waals surface area (Å²) in [6.45, 7) is 5.91. The van der Waals surface area contributed by atoms with Crippen LogP contribution in [0.4, 0.5) is 0 Å². The van der Waals surface area contributed by atoms with Crippen LogP contribution in [0.2, 0.25) is 0 Å². The lowest BCUT2D eigenvalue weighted by Gasteiger charge is -2.01. The molecule has 0 aliphatic carbocycles. The van der Waals surface area contributed by atoms with Crippen LogP contribution in [0.25, 0.3) is 0 Å². The van der Waals surface area contributed by atoms with Crippen LogP contribution in [-0.4, -0.2) is 15.8 Å². The Morgan fingerprint density at radius 1 is 1.38 bits per heavy atom. The normalized spacial score (nSPS) is 10.5. The number of aryl methyl sites for hydroxylation is 1. The van der Waals surface area contributed by atoms with E-state index in [4.69, 9.17) is 0 Å². The second kappa shape index (κ2) is 4.12. The molecule has 1 aromatic heterocycles. The Labute approximate surface area is 78.2 Å². The Balaban J connectivity index is 2.72. The molecule has 3 heteroatoms. The number of aromatic nitrogens is 2. The van der Waals surface area contributed by atoms with E-state index >= 15 is 0 Å². The van der Waals surface area contributed by atoms with Gasteiger partial charge in [0.2, 0.25) is 0 Å². The van der Waals surface area contributed by atoms with Crippen molar-refractivity contribution in [3.8, 4) is 0 Å². The van der Waals surface area contributed by atoms with Crippen LogP contribution in [0.5, 0.6) is 0 Å². The monoisotopic (exact) mass is 178 g/mol. The van der Waals surface area contributed by atoms with Gasteiger partial charge in [0.05, 0.1) is 0 Å². The molecule has 13 heavy (non-hydrogen) atoms. The Kier molecular flexibility index (Phi) is 3.12. The summed E-state index contributed by atoms with van der Waals surface area (Å²) in [6, 6.07) is 0. The van der Waals surface area contributed by atoms with Crippen LogP contribution in [-0.2, 0) is 0 Å². The molecule has 0 bridgehead atoms. The molecule has 0 aliphatic rings. The fourth-order valence-corrected chi connectivity index (χ4v) is 0.999. The van der Waals surface area contributed by atoms with Crippen LogP contribution in [0.15, 0.2) is 12.4 Å². The third-order valence-corrected chi connectivity index (χ3v) is 1.62. The van der Waals surface area contributed by atoms with Gasteiger partial charge in [-0.05, 0) is 18.4 Å². The molecule has 0 saturated heterocycles. The first kappa shape index (κ1) is 9.84. The largest absolute Gasteiger partial charge is 0.291 e. The van der Waals surface area contributed by atoms with Crippen molar-refractivity contribution in [2.45, 2.75) is 27.2 Å². The third-order valence-electron chi connectivity index (χ3n) is 1.62. The molecule has 1 rings (SSSR count). The second-order valence-corrected chi connectivity index (χ2v) is 3.61. The maximum Gasteiger partial charge on any atom is 0.200 e. The molecule has 0 N–H and O–H groups in total. The fourth-order valence-electron chi connectivity index (χ4n) is 0.999. The van der Waals surface area contributed by atoms with Gasteiger partial charge in [0, 0.05) is 18.8 Å². The van der Waals surface area contributed by atoms with E-state index < -0.39 is 0 Å². The molecule has 0 amide bonds. The van der Waals surface area contributed by atoms with Crippen LogP contribution < -0.4 is 0 Å². The molecule has 0 fully saturated rings. The van der Waals surface area contributed by atoms with Gasteiger partial charge in [-0.1, -0.05) is 13.8 Å². The number of carbonyl (C=O) groups is 1. The van der Waals surface area contributed by atoms with Crippen molar-refractivity contribution in [1.82, 2.24) is 9.97 Å².